The van der Waals surface area contributed by atoms with Gasteiger partial charge in [0.1, 0.15) is 11.4 Å². The van der Waals surface area contributed by atoms with Gasteiger partial charge in [0.25, 0.3) is 5.91 Å². The van der Waals surface area contributed by atoms with E-state index >= 15 is 0 Å². The molecule has 1 aromatic carbocycles. The van der Waals surface area contributed by atoms with Crippen LogP contribution in [0.1, 0.15) is 24.2 Å². The summed E-state index contributed by atoms with van der Waals surface area (Å²) in [4.78, 5) is 36.2. The van der Waals surface area contributed by atoms with Crippen LogP contribution in [0, 0.1) is 5.82 Å². The molecule has 0 atom stereocenters. The highest BCUT2D eigenvalue weighted by Crippen LogP contribution is 2.17. The number of imide groups is 1. The molecule has 100 valence electrons. The van der Waals surface area contributed by atoms with Crippen molar-refractivity contribution in [2.75, 3.05) is 6.54 Å². The summed E-state index contributed by atoms with van der Waals surface area (Å²) in [6, 6.07) is 4.82. The van der Waals surface area contributed by atoms with Crippen LogP contribution in [0.15, 0.2) is 24.3 Å². The average Bonchev–Trinajstić information content (AvgIpc) is 2.52. The minimum atomic E-state index is -1.04. The Morgan fingerprint density at radius 2 is 1.95 bits per heavy atom. The predicted octanol–water partition coefficient (Wildman–Crippen LogP) is 1.34. The standard InChI is InChI=1S/C13H13FN2O3/c1-13(2)11(18)16(12(19)15-13)7-10(17)8-5-3-4-6-9(8)14/h3-6H,7H2,1-2H3,(H,15,19). The highest BCUT2D eigenvalue weighted by atomic mass is 19.1. The first kappa shape index (κ1) is 13.2. The van der Waals surface area contributed by atoms with E-state index in [1.165, 1.54) is 18.2 Å². The molecule has 0 bridgehead atoms. The smallest absolute Gasteiger partial charge is 0.324 e. The average molecular weight is 264 g/mol. The molecule has 1 aliphatic rings. The van der Waals surface area contributed by atoms with E-state index in [9.17, 15) is 18.8 Å². The summed E-state index contributed by atoms with van der Waals surface area (Å²) in [5.41, 5.74) is -1.17. The Hall–Kier alpha value is -2.24. The Labute approximate surface area is 109 Å². The number of nitrogens with zero attached hydrogens (tertiary/aromatic N) is 1. The maximum atomic E-state index is 13.4. The van der Waals surface area contributed by atoms with Gasteiger partial charge in [-0.3, -0.25) is 14.5 Å². The number of halogens is 1. The maximum absolute atomic E-state index is 13.4. The van der Waals surface area contributed by atoms with Crippen molar-refractivity contribution in [1.82, 2.24) is 10.2 Å². The second-order valence-electron chi connectivity index (χ2n) is 4.85. The van der Waals surface area contributed by atoms with Gasteiger partial charge in [0, 0.05) is 0 Å². The van der Waals surface area contributed by atoms with Crippen LogP contribution < -0.4 is 5.32 Å². The third-order valence-corrected chi connectivity index (χ3v) is 2.92. The minimum Gasteiger partial charge on any atom is -0.324 e. The van der Waals surface area contributed by atoms with E-state index in [0.29, 0.717) is 0 Å². The molecule has 0 spiro atoms. The van der Waals surface area contributed by atoms with Crippen LogP contribution >= 0.6 is 0 Å². The molecule has 1 fully saturated rings. The molecule has 0 unspecified atom stereocenters. The lowest BCUT2D eigenvalue weighted by Gasteiger charge is -2.15. The molecule has 1 aliphatic heterocycles. The number of amides is 3. The first-order valence-electron chi connectivity index (χ1n) is 5.75. The van der Waals surface area contributed by atoms with Gasteiger partial charge in [-0.05, 0) is 26.0 Å². The van der Waals surface area contributed by atoms with Gasteiger partial charge in [-0.15, -0.1) is 0 Å². The summed E-state index contributed by atoms with van der Waals surface area (Å²) < 4.78 is 13.4. The van der Waals surface area contributed by atoms with Crippen molar-refractivity contribution in [2.24, 2.45) is 0 Å². The first-order chi connectivity index (χ1) is 8.83. The molecule has 1 aromatic rings. The monoisotopic (exact) mass is 264 g/mol. The quantitative estimate of drug-likeness (QED) is 0.661. The number of carbonyl (C=O) groups excluding carboxylic acids is 3. The summed E-state index contributed by atoms with van der Waals surface area (Å²) in [5, 5.41) is 2.46. The third-order valence-electron chi connectivity index (χ3n) is 2.92. The van der Waals surface area contributed by atoms with Crippen molar-refractivity contribution in [1.29, 1.82) is 0 Å². The zero-order valence-electron chi connectivity index (χ0n) is 10.6. The van der Waals surface area contributed by atoms with Crippen molar-refractivity contribution in [3.8, 4) is 0 Å². The number of nitrogens with one attached hydrogen (secondary N) is 1. The lowest BCUT2D eigenvalue weighted by atomic mass is 10.1. The van der Waals surface area contributed by atoms with Crippen LogP contribution in [0.5, 0.6) is 0 Å². The van der Waals surface area contributed by atoms with Gasteiger partial charge in [0.05, 0.1) is 12.1 Å². The van der Waals surface area contributed by atoms with E-state index < -0.39 is 35.6 Å². The van der Waals surface area contributed by atoms with Gasteiger partial charge < -0.3 is 5.32 Å². The van der Waals surface area contributed by atoms with E-state index in [2.05, 4.69) is 5.32 Å². The lowest BCUT2D eigenvalue weighted by Crippen LogP contribution is -2.41. The van der Waals surface area contributed by atoms with Crippen molar-refractivity contribution in [3.63, 3.8) is 0 Å². The van der Waals surface area contributed by atoms with Crippen LogP contribution in [-0.4, -0.2) is 34.7 Å². The van der Waals surface area contributed by atoms with Crippen LogP contribution in [0.3, 0.4) is 0 Å². The zero-order valence-corrected chi connectivity index (χ0v) is 10.6. The number of rotatable bonds is 3. The van der Waals surface area contributed by atoms with Gasteiger partial charge in [0.2, 0.25) is 0 Å². The fourth-order valence-electron chi connectivity index (χ4n) is 1.88. The molecule has 0 aromatic heterocycles. The van der Waals surface area contributed by atoms with E-state index in [0.717, 1.165) is 11.0 Å². The molecule has 0 radical (unpaired) electrons. The molecule has 5 nitrogen and oxygen atoms in total. The Morgan fingerprint density at radius 1 is 1.32 bits per heavy atom. The molecule has 1 N–H and O–H groups in total. The zero-order chi connectivity index (χ0) is 14.2. The minimum absolute atomic E-state index is 0.132. The van der Waals surface area contributed by atoms with Crippen molar-refractivity contribution in [3.05, 3.63) is 35.6 Å². The maximum Gasteiger partial charge on any atom is 0.325 e. The first-order valence-corrected chi connectivity index (χ1v) is 5.75. The number of carbonyl (C=O) groups is 3. The fourth-order valence-corrected chi connectivity index (χ4v) is 1.88. The third kappa shape index (κ3) is 2.33. The highest BCUT2D eigenvalue weighted by molar-refractivity contribution is 6.10. The van der Waals surface area contributed by atoms with E-state index in [1.54, 1.807) is 13.8 Å². The summed E-state index contributed by atoms with van der Waals surface area (Å²) >= 11 is 0. The van der Waals surface area contributed by atoms with Crippen LogP contribution in [0.4, 0.5) is 9.18 Å². The van der Waals surface area contributed by atoms with Crippen LogP contribution in [-0.2, 0) is 4.79 Å². The molecule has 1 heterocycles. The number of hydrogen-bond acceptors (Lipinski definition) is 3. The fraction of sp³-hybridized carbons (Fsp3) is 0.308. The second-order valence-corrected chi connectivity index (χ2v) is 4.85. The van der Waals surface area contributed by atoms with E-state index in [1.807, 2.05) is 0 Å². The SMILES string of the molecule is CC1(C)NC(=O)N(CC(=O)c2ccccc2F)C1=O. The number of ketones is 1. The largest absolute Gasteiger partial charge is 0.325 e. The van der Waals surface area contributed by atoms with E-state index in [-0.39, 0.29) is 5.56 Å². The van der Waals surface area contributed by atoms with Gasteiger partial charge in [-0.25, -0.2) is 9.18 Å². The van der Waals surface area contributed by atoms with E-state index in [4.69, 9.17) is 0 Å². The Morgan fingerprint density at radius 3 is 2.47 bits per heavy atom. The van der Waals surface area contributed by atoms with Crippen molar-refractivity contribution >= 4 is 17.7 Å². The number of benzene rings is 1. The van der Waals surface area contributed by atoms with Gasteiger partial charge in [-0.1, -0.05) is 12.1 Å². The van der Waals surface area contributed by atoms with Gasteiger partial charge >= 0.3 is 6.03 Å². The normalized spacial score (nSPS) is 17.5. The number of hydrogen-bond donors (Lipinski definition) is 1. The molecule has 0 saturated carbocycles. The Balaban J connectivity index is 2.19. The van der Waals surface area contributed by atoms with Crippen LogP contribution in [0.2, 0.25) is 0 Å². The van der Waals surface area contributed by atoms with Crippen molar-refractivity contribution < 1.29 is 18.8 Å². The molecule has 2 rings (SSSR count). The molecular weight excluding hydrogens is 251 g/mol. The number of urea groups is 1. The van der Waals surface area contributed by atoms with Crippen molar-refractivity contribution in [2.45, 2.75) is 19.4 Å². The molecule has 1 saturated heterocycles. The Kier molecular flexibility index (Phi) is 3.09. The summed E-state index contributed by atoms with van der Waals surface area (Å²) in [7, 11) is 0. The molecule has 0 aliphatic carbocycles. The highest BCUT2D eigenvalue weighted by Gasteiger charge is 2.44. The van der Waals surface area contributed by atoms with Crippen LogP contribution in [0.25, 0.3) is 0 Å². The topological polar surface area (TPSA) is 66.5 Å². The molecular formula is C13H13FN2O3. The number of Topliss-reactive ketones (excluding diaryl/α,β-unsaturated/α-hetero) is 1. The predicted molar refractivity (Wildman–Crippen MR) is 65.1 cm³/mol. The summed E-state index contributed by atoms with van der Waals surface area (Å²) in [6.45, 7) is 2.62. The second kappa shape index (κ2) is 4.46. The van der Waals surface area contributed by atoms with Gasteiger partial charge in [-0.2, -0.15) is 0 Å². The molecule has 6 heteroatoms. The summed E-state index contributed by atoms with van der Waals surface area (Å²) in [6.07, 6.45) is 0. The Bertz CT molecular complexity index is 569. The lowest BCUT2D eigenvalue weighted by molar-refractivity contribution is -0.129. The molecule has 3 amide bonds. The molecule has 19 heavy (non-hydrogen) atoms. The summed E-state index contributed by atoms with van der Waals surface area (Å²) in [5.74, 6) is -1.78. The van der Waals surface area contributed by atoms with Gasteiger partial charge in [0.15, 0.2) is 5.78 Å².